The Morgan fingerprint density at radius 2 is 1.64 bits per heavy atom. The van der Waals surface area contributed by atoms with E-state index >= 15 is 0 Å². The van der Waals surface area contributed by atoms with Crippen LogP contribution in [0.5, 0.6) is 11.5 Å². The summed E-state index contributed by atoms with van der Waals surface area (Å²) < 4.78 is 11.1. The Bertz CT molecular complexity index is 646. The molecule has 0 saturated carbocycles. The van der Waals surface area contributed by atoms with Crippen molar-refractivity contribution in [2.45, 2.75) is 110 Å². The largest absolute Gasteiger partial charge is 0.493 e. The molecule has 0 atom stereocenters. The topological polar surface area (TPSA) is 59.9 Å². The molecule has 5 heteroatoms. The Morgan fingerprint density at radius 1 is 0.909 bits per heavy atom. The van der Waals surface area contributed by atoms with E-state index in [4.69, 9.17) is 9.47 Å². The predicted octanol–water partition coefficient (Wildman–Crippen LogP) is 7.26. The third kappa shape index (κ3) is 15.4. The molecule has 0 aromatic heterocycles. The van der Waals surface area contributed by atoms with Gasteiger partial charge in [0.15, 0.2) is 11.5 Å². The summed E-state index contributed by atoms with van der Waals surface area (Å²) in [4.78, 5) is 16.7. The van der Waals surface area contributed by atoms with Gasteiger partial charge in [-0.15, -0.1) is 0 Å². The molecular weight excluding hydrogens is 412 g/mol. The molecular formula is C28H48N2O3. The lowest BCUT2D eigenvalue weighted by molar-refractivity contribution is -0.121. The molecule has 0 radical (unpaired) electrons. The highest BCUT2D eigenvalue weighted by atomic mass is 16.5. The number of carbonyl (C=O) groups is 1. The van der Waals surface area contributed by atoms with Gasteiger partial charge in [0.25, 0.3) is 0 Å². The van der Waals surface area contributed by atoms with Gasteiger partial charge in [-0.05, 0) is 56.0 Å². The minimum atomic E-state index is 0.111. The molecule has 1 aromatic rings. The molecule has 0 aliphatic rings. The van der Waals surface area contributed by atoms with Crippen LogP contribution < -0.4 is 14.8 Å². The Balaban J connectivity index is 2.01. The third-order valence-electron chi connectivity index (χ3n) is 5.69. The van der Waals surface area contributed by atoms with Crippen molar-refractivity contribution in [2.24, 2.45) is 4.99 Å². The first kappa shape index (κ1) is 29.0. The van der Waals surface area contributed by atoms with Crippen LogP contribution in [0.25, 0.3) is 0 Å². The van der Waals surface area contributed by atoms with Crippen LogP contribution >= 0.6 is 0 Å². The maximum absolute atomic E-state index is 12.1. The molecule has 1 amide bonds. The first-order valence-corrected chi connectivity index (χ1v) is 13.3. The summed E-state index contributed by atoms with van der Waals surface area (Å²) in [5.41, 5.74) is 1.01. The van der Waals surface area contributed by atoms with E-state index in [0.717, 1.165) is 50.0 Å². The fraction of sp³-hybridized carbons (Fsp3) is 0.714. The van der Waals surface area contributed by atoms with E-state index in [2.05, 4.69) is 30.4 Å². The minimum Gasteiger partial charge on any atom is -0.493 e. The zero-order chi connectivity index (χ0) is 24.0. The summed E-state index contributed by atoms with van der Waals surface area (Å²) in [5, 5.41) is 3.01. The summed E-state index contributed by atoms with van der Waals surface area (Å²) in [5.74, 6) is 1.57. The van der Waals surface area contributed by atoms with Crippen LogP contribution in [0.2, 0.25) is 0 Å². The molecule has 0 heterocycles. The number of rotatable bonds is 21. The zero-order valence-electron chi connectivity index (χ0n) is 21.5. The van der Waals surface area contributed by atoms with E-state index < -0.39 is 0 Å². The SMILES string of the molecule is CCCCCCCCC=NCCCCCCCC(=O)NCc1ccc(OCCC)c(OC)c1. The van der Waals surface area contributed by atoms with E-state index in [9.17, 15) is 4.79 Å². The standard InChI is InChI=1S/C28H48N2O3/c1-4-6-7-8-9-12-15-20-29-21-16-13-10-11-14-17-28(31)30-24-25-18-19-26(33-22-5-2)27(23-25)32-3/h18-20,23H,4-17,21-22,24H2,1-3H3,(H,30,31). The average molecular weight is 461 g/mol. The summed E-state index contributed by atoms with van der Waals surface area (Å²) >= 11 is 0. The van der Waals surface area contributed by atoms with Gasteiger partial charge in [-0.2, -0.15) is 0 Å². The number of hydrogen-bond acceptors (Lipinski definition) is 4. The highest BCUT2D eigenvalue weighted by Gasteiger charge is 2.07. The molecule has 0 saturated heterocycles. The van der Waals surface area contributed by atoms with Crippen molar-refractivity contribution in [1.82, 2.24) is 5.32 Å². The van der Waals surface area contributed by atoms with Crippen LogP contribution in [0.1, 0.15) is 109 Å². The lowest BCUT2D eigenvalue weighted by Gasteiger charge is -2.12. The zero-order valence-corrected chi connectivity index (χ0v) is 21.5. The number of nitrogens with zero attached hydrogens (tertiary/aromatic N) is 1. The number of benzene rings is 1. The van der Waals surface area contributed by atoms with Gasteiger partial charge in [0.05, 0.1) is 13.7 Å². The van der Waals surface area contributed by atoms with Crippen molar-refractivity contribution in [1.29, 1.82) is 0 Å². The maximum Gasteiger partial charge on any atom is 0.220 e. The summed E-state index contributed by atoms with van der Waals surface area (Å²) in [6, 6.07) is 5.82. The van der Waals surface area contributed by atoms with Gasteiger partial charge in [-0.1, -0.05) is 71.3 Å². The first-order chi connectivity index (χ1) is 16.2. The van der Waals surface area contributed by atoms with E-state index in [1.54, 1.807) is 7.11 Å². The number of methoxy groups -OCH3 is 1. The number of aliphatic imine (C=N–C) groups is 1. The normalized spacial score (nSPS) is 11.1. The van der Waals surface area contributed by atoms with Gasteiger partial charge >= 0.3 is 0 Å². The fourth-order valence-electron chi connectivity index (χ4n) is 3.66. The molecule has 0 aliphatic heterocycles. The van der Waals surface area contributed by atoms with Crippen LogP contribution in [0.3, 0.4) is 0 Å². The van der Waals surface area contributed by atoms with Crippen LogP contribution in [0, 0.1) is 0 Å². The molecule has 0 aliphatic carbocycles. The molecule has 0 bridgehead atoms. The van der Waals surface area contributed by atoms with E-state index in [1.165, 1.54) is 51.4 Å². The van der Waals surface area contributed by atoms with Crippen LogP contribution in [-0.4, -0.2) is 32.4 Å². The van der Waals surface area contributed by atoms with Gasteiger partial charge < -0.3 is 14.8 Å². The molecule has 1 N–H and O–H groups in total. The molecule has 0 spiro atoms. The minimum absolute atomic E-state index is 0.111. The highest BCUT2D eigenvalue weighted by Crippen LogP contribution is 2.28. The molecule has 1 rings (SSSR count). The van der Waals surface area contributed by atoms with Gasteiger partial charge in [0.2, 0.25) is 5.91 Å². The molecule has 0 unspecified atom stereocenters. The van der Waals surface area contributed by atoms with E-state index in [-0.39, 0.29) is 5.91 Å². The van der Waals surface area contributed by atoms with Crippen LogP contribution in [0.15, 0.2) is 23.2 Å². The number of hydrogen-bond donors (Lipinski definition) is 1. The van der Waals surface area contributed by atoms with Crippen LogP contribution in [0.4, 0.5) is 0 Å². The van der Waals surface area contributed by atoms with Crippen molar-refractivity contribution in [3.8, 4) is 11.5 Å². The number of nitrogens with one attached hydrogen (secondary N) is 1. The van der Waals surface area contributed by atoms with Crippen molar-refractivity contribution in [3.05, 3.63) is 23.8 Å². The number of carbonyl (C=O) groups excluding carboxylic acids is 1. The Labute approximate surface area is 202 Å². The Kier molecular flexibility index (Phi) is 18.1. The molecule has 33 heavy (non-hydrogen) atoms. The van der Waals surface area contributed by atoms with E-state index in [1.807, 2.05) is 18.2 Å². The second-order valence-electron chi connectivity index (χ2n) is 8.77. The van der Waals surface area contributed by atoms with Gasteiger partial charge in [-0.3, -0.25) is 9.79 Å². The van der Waals surface area contributed by atoms with Crippen molar-refractivity contribution >= 4 is 12.1 Å². The second kappa shape index (κ2) is 20.6. The van der Waals surface area contributed by atoms with E-state index in [0.29, 0.717) is 25.3 Å². The highest BCUT2D eigenvalue weighted by molar-refractivity contribution is 5.75. The summed E-state index contributed by atoms with van der Waals surface area (Å²) in [6.07, 6.45) is 18.4. The summed E-state index contributed by atoms with van der Waals surface area (Å²) in [7, 11) is 1.64. The van der Waals surface area contributed by atoms with Crippen LogP contribution in [-0.2, 0) is 11.3 Å². The fourth-order valence-corrected chi connectivity index (χ4v) is 3.66. The van der Waals surface area contributed by atoms with Crippen molar-refractivity contribution < 1.29 is 14.3 Å². The Morgan fingerprint density at radius 3 is 2.39 bits per heavy atom. The quantitative estimate of drug-likeness (QED) is 0.155. The monoisotopic (exact) mass is 460 g/mol. The summed E-state index contributed by atoms with van der Waals surface area (Å²) in [6.45, 7) is 6.46. The number of ether oxygens (including phenoxy) is 2. The molecule has 0 fully saturated rings. The van der Waals surface area contributed by atoms with Gasteiger partial charge in [0, 0.05) is 19.5 Å². The lowest BCUT2D eigenvalue weighted by atomic mass is 10.1. The third-order valence-corrected chi connectivity index (χ3v) is 5.69. The Hall–Kier alpha value is -2.04. The second-order valence-corrected chi connectivity index (χ2v) is 8.77. The molecule has 5 nitrogen and oxygen atoms in total. The van der Waals surface area contributed by atoms with Gasteiger partial charge in [-0.25, -0.2) is 0 Å². The lowest BCUT2D eigenvalue weighted by Crippen LogP contribution is -2.22. The number of unbranched alkanes of at least 4 members (excludes halogenated alkanes) is 10. The average Bonchev–Trinajstić information content (AvgIpc) is 2.84. The molecule has 188 valence electrons. The van der Waals surface area contributed by atoms with Crippen molar-refractivity contribution in [3.63, 3.8) is 0 Å². The predicted molar refractivity (Wildman–Crippen MR) is 140 cm³/mol. The maximum atomic E-state index is 12.1. The van der Waals surface area contributed by atoms with Gasteiger partial charge in [0.1, 0.15) is 0 Å². The first-order valence-electron chi connectivity index (χ1n) is 13.3. The van der Waals surface area contributed by atoms with Crippen molar-refractivity contribution in [2.75, 3.05) is 20.3 Å². The number of amides is 1. The molecule has 1 aromatic carbocycles. The smallest absolute Gasteiger partial charge is 0.220 e.